The van der Waals surface area contributed by atoms with Gasteiger partial charge in [-0.2, -0.15) is 4.31 Å². The second kappa shape index (κ2) is 6.64. The third-order valence-electron chi connectivity index (χ3n) is 4.04. The van der Waals surface area contributed by atoms with Crippen LogP contribution in [0, 0.1) is 0 Å². The Morgan fingerprint density at radius 2 is 2.19 bits per heavy atom. The number of sulfonamides is 1. The molecule has 0 radical (unpaired) electrons. The van der Waals surface area contributed by atoms with E-state index in [1.807, 2.05) is 0 Å². The predicted molar refractivity (Wildman–Crippen MR) is 88.6 cm³/mol. The van der Waals surface area contributed by atoms with E-state index in [2.05, 4.69) is 27.8 Å². The third kappa shape index (κ3) is 3.59. The number of nitrogen functional groups attached to an aromatic ring is 1. The molecule has 0 aliphatic carbocycles. The number of hydrogen-bond acceptors (Lipinski definition) is 4. The number of nitrogens with zero attached hydrogens (tertiary/aromatic N) is 2. The highest BCUT2D eigenvalue weighted by Gasteiger charge is 2.30. The van der Waals surface area contributed by atoms with Crippen molar-refractivity contribution in [2.24, 2.45) is 0 Å². The molecule has 1 heterocycles. The van der Waals surface area contributed by atoms with Crippen molar-refractivity contribution in [1.82, 2.24) is 9.21 Å². The minimum atomic E-state index is -3.56. The highest BCUT2D eigenvalue weighted by atomic mass is 79.9. The van der Waals surface area contributed by atoms with Crippen LogP contribution < -0.4 is 5.73 Å². The second-order valence-corrected chi connectivity index (χ2v) is 8.32. The molecule has 1 aromatic carbocycles. The fourth-order valence-electron chi connectivity index (χ4n) is 2.81. The molecule has 0 saturated carbocycles. The van der Waals surface area contributed by atoms with Crippen LogP contribution in [0.25, 0.3) is 0 Å². The molecule has 2 N–H and O–H groups in total. The van der Waals surface area contributed by atoms with Crippen LogP contribution in [0.4, 0.5) is 5.69 Å². The molecule has 1 aliphatic heterocycles. The number of rotatable bonds is 5. The van der Waals surface area contributed by atoms with Gasteiger partial charge in [-0.1, -0.05) is 22.9 Å². The predicted octanol–water partition coefficient (Wildman–Crippen LogP) is 2.14. The van der Waals surface area contributed by atoms with Gasteiger partial charge in [-0.15, -0.1) is 0 Å². The topological polar surface area (TPSA) is 66.6 Å². The molecule has 1 aliphatic rings. The number of likely N-dealkylation sites (tertiary alicyclic amines) is 1. The smallest absolute Gasteiger partial charge is 0.244 e. The van der Waals surface area contributed by atoms with Crippen LogP contribution in [0.2, 0.25) is 0 Å². The molecule has 5 nitrogen and oxygen atoms in total. The van der Waals surface area contributed by atoms with E-state index >= 15 is 0 Å². The van der Waals surface area contributed by atoms with Crippen molar-refractivity contribution in [3.05, 3.63) is 22.7 Å². The molecule has 118 valence electrons. The second-order valence-electron chi connectivity index (χ2n) is 5.39. The van der Waals surface area contributed by atoms with Gasteiger partial charge in [0, 0.05) is 24.1 Å². The van der Waals surface area contributed by atoms with Crippen LogP contribution in [0.15, 0.2) is 27.6 Å². The Balaban J connectivity index is 2.20. The van der Waals surface area contributed by atoms with Crippen molar-refractivity contribution in [3.63, 3.8) is 0 Å². The van der Waals surface area contributed by atoms with Gasteiger partial charge < -0.3 is 5.73 Å². The lowest BCUT2D eigenvalue weighted by molar-refractivity contribution is 0.238. The summed E-state index contributed by atoms with van der Waals surface area (Å²) in [5.41, 5.74) is 6.12. The molecule has 0 amide bonds. The molecule has 1 unspecified atom stereocenters. The van der Waals surface area contributed by atoms with Gasteiger partial charge in [0.05, 0.1) is 5.69 Å². The number of halogens is 1. The number of anilines is 1. The largest absolute Gasteiger partial charge is 0.398 e. The van der Waals surface area contributed by atoms with Gasteiger partial charge >= 0.3 is 0 Å². The third-order valence-corrected chi connectivity index (χ3v) is 6.41. The average Bonchev–Trinajstić information content (AvgIpc) is 2.88. The normalized spacial score (nSPS) is 20.3. The molecule has 1 aromatic rings. The first-order valence-electron chi connectivity index (χ1n) is 7.11. The van der Waals surface area contributed by atoms with E-state index in [0.29, 0.717) is 17.1 Å². The van der Waals surface area contributed by atoms with E-state index in [9.17, 15) is 8.42 Å². The molecule has 0 bridgehead atoms. The first kappa shape index (κ1) is 16.7. The van der Waals surface area contributed by atoms with Gasteiger partial charge in [0.1, 0.15) is 4.90 Å². The van der Waals surface area contributed by atoms with Gasteiger partial charge in [-0.25, -0.2) is 8.42 Å². The maximum atomic E-state index is 12.7. The molecular formula is C14H22BrN3O2S. The van der Waals surface area contributed by atoms with Crippen molar-refractivity contribution in [2.75, 3.05) is 32.4 Å². The summed E-state index contributed by atoms with van der Waals surface area (Å²) < 4.78 is 27.5. The van der Waals surface area contributed by atoms with Crippen LogP contribution in [0.3, 0.4) is 0 Å². The van der Waals surface area contributed by atoms with E-state index in [-0.39, 0.29) is 10.6 Å². The molecule has 1 fully saturated rings. The summed E-state index contributed by atoms with van der Waals surface area (Å²) in [5.74, 6) is 0. The quantitative estimate of drug-likeness (QED) is 0.800. The van der Waals surface area contributed by atoms with E-state index in [4.69, 9.17) is 5.73 Å². The van der Waals surface area contributed by atoms with Crippen LogP contribution in [-0.4, -0.2) is 50.3 Å². The molecule has 1 saturated heterocycles. The Kier molecular flexibility index (Phi) is 5.29. The summed E-state index contributed by atoms with van der Waals surface area (Å²) in [6.45, 7) is 4.62. The summed E-state index contributed by atoms with van der Waals surface area (Å²) in [7, 11) is -1.93. The highest BCUT2D eigenvalue weighted by Crippen LogP contribution is 2.27. The molecule has 0 aromatic heterocycles. The van der Waals surface area contributed by atoms with E-state index in [0.717, 1.165) is 25.9 Å². The maximum Gasteiger partial charge on any atom is 0.244 e. The summed E-state index contributed by atoms with van der Waals surface area (Å²) in [5, 5.41) is 0. The van der Waals surface area contributed by atoms with Crippen molar-refractivity contribution >= 4 is 31.6 Å². The van der Waals surface area contributed by atoms with E-state index in [1.165, 1.54) is 4.31 Å². The molecule has 1 atom stereocenters. The summed E-state index contributed by atoms with van der Waals surface area (Å²) in [6, 6.07) is 5.21. The Hall–Kier alpha value is -0.630. The number of nitrogens with two attached hydrogens (primary N) is 1. The first-order chi connectivity index (χ1) is 9.86. The van der Waals surface area contributed by atoms with E-state index in [1.54, 1.807) is 25.2 Å². The van der Waals surface area contributed by atoms with Crippen LogP contribution in [0.5, 0.6) is 0 Å². The Bertz CT molecular complexity index is 606. The highest BCUT2D eigenvalue weighted by molar-refractivity contribution is 9.10. The van der Waals surface area contributed by atoms with Gasteiger partial charge in [0.25, 0.3) is 0 Å². The van der Waals surface area contributed by atoms with Crippen molar-refractivity contribution in [1.29, 1.82) is 0 Å². The fraction of sp³-hybridized carbons (Fsp3) is 0.571. The Morgan fingerprint density at radius 3 is 2.86 bits per heavy atom. The number of likely N-dealkylation sites (N-methyl/N-ethyl adjacent to an activating group) is 2. The van der Waals surface area contributed by atoms with Crippen LogP contribution >= 0.6 is 15.9 Å². The van der Waals surface area contributed by atoms with Gasteiger partial charge in [0.2, 0.25) is 10.0 Å². The summed E-state index contributed by atoms with van der Waals surface area (Å²) >= 11 is 3.30. The molecule has 21 heavy (non-hydrogen) atoms. The van der Waals surface area contributed by atoms with Gasteiger partial charge in [-0.05, 0) is 44.1 Å². The van der Waals surface area contributed by atoms with Crippen molar-refractivity contribution in [2.45, 2.75) is 30.7 Å². The van der Waals surface area contributed by atoms with E-state index < -0.39 is 10.0 Å². The average molecular weight is 376 g/mol. The molecule has 0 spiro atoms. The van der Waals surface area contributed by atoms with Gasteiger partial charge in [0.15, 0.2) is 0 Å². The number of hydrogen-bond donors (Lipinski definition) is 1. The van der Waals surface area contributed by atoms with Crippen molar-refractivity contribution in [3.8, 4) is 0 Å². The van der Waals surface area contributed by atoms with Gasteiger partial charge in [-0.3, -0.25) is 4.90 Å². The zero-order chi connectivity index (χ0) is 15.6. The first-order valence-corrected chi connectivity index (χ1v) is 9.35. The zero-order valence-corrected chi connectivity index (χ0v) is 14.8. The molecular weight excluding hydrogens is 354 g/mol. The van der Waals surface area contributed by atoms with Crippen LogP contribution in [0.1, 0.15) is 19.8 Å². The molecule has 7 heteroatoms. The summed E-state index contributed by atoms with van der Waals surface area (Å²) in [4.78, 5) is 2.50. The zero-order valence-electron chi connectivity index (χ0n) is 12.4. The standard InChI is InChI=1S/C14H22BrN3O2S/c1-3-18-8-4-5-12(18)10-17(2)21(19,20)14-9-11(15)6-7-13(14)16/h6-7,9,12H,3-5,8,10,16H2,1-2H3. The minimum absolute atomic E-state index is 0.167. The number of benzene rings is 1. The lowest BCUT2D eigenvalue weighted by atomic mass is 10.2. The summed E-state index contributed by atoms with van der Waals surface area (Å²) in [6.07, 6.45) is 2.17. The lowest BCUT2D eigenvalue weighted by Gasteiger charge is -2.27. The fourth-order valence-corrected chi connectivity index (χ4v) is 4.67. The SMILES string of the molecule is CCN1CCCC1CN(C)S(=O)(=O)c1cc(Br)ccc1N. The minimum Gasteiger partial charge on any atom is -0.398 e. The molecule has 2 rings (SSSR count). The lowest BCUT2D eigenvalue weighted by Crippen LogP contribution is -2.41. The van der Waals surface area contributed by atoms with Crippen molar-refractivity contribution < 1.29 is 8.42 Å². The maximum absolute atomic E-state index is 12.7. The Labute approximate surface area is 135 Å². The van der Waals surface area contributed by atoms with Crippen LogP contribution in [-0.2, 0) is 10.0 Å². The monoisotopic (exact) mass is 375 g/mol. The Morgan fingerprint density at radius 1 is 1.48 bits per heavy atom.